The van der Waals surface area contributed by atoms with Gasteiger partial charge in [0.2, 0.25) is 5.88 Å². The molecule has 1 heterocycles. The van der Waals surface area contributed by atoms with Crippen LogP contribution in [0.1, 0.15) is 17.2 Å². The molecule has 0 amide bonds. The summed E-state index contributed by atoms with van der Waals surface area (Å²) >= 11 is 0. The van der Waals surface area contributed by atoms with Crippen molar-refractivity contribution < 1.29 is 13.5 Å². The van der Waals surface area contributed by atoms with Gasteiger partial charge in [-0.1, -0.05) is 18.2 Å². The fraction of sp³-hybridized carbons (Fsp3) is 0.267. The summed E-state index contributed by atoms with van der Waals surface area (Å²) in [5.41, 5.74) is 1.22. The van der Waals surface area contributed by atoms with E-state index >= 15 is 0 Å². The van der Waals surface area contributed by atoms with E-state index in [4.69, 9.17) is 4.74 Å². The van der Waals surface area contributed by atoms with Crippen molar-refractivity contribution in [2.24, 2.45) is 0 Å². The van der Waals surface area contributed by atoms with Crippen LogP contribution in [0.3, 0.4) is 0 Å². The Morgan fingerprint density at radius 1 is 1.25 bits per heavy atom. The Kier molecular flexibility index (Phi) is 4.63. The van der Waals surface area contributed by atoms with Crippen LogP contribution in [0.2, 0.25) is 0 Å². The number of aromatic nitrogens is 1. The molecule has 0 aliphatic carbocycles. The molecule has 0 saturated heterocycles. The molecule has 1 aromatic heterocycles. The van der Waals surface area contributed by atoms with Crippen LogP contribution < -0.4 is 10.1 Å². The van der Waals surface area contributed by atoms with Crippen molar-refractivity contribution in [1.29, 1.82) is 0 Å². The summed E-state index contributed by atoms with van der Waals surface area (Å²) in [7, 11) is 3.26. The van der Waals surface area contributed by atoms with E-state index in [1.165, 1.54) is 6.07 Å². The van der Waals surface area contributed by atoms with Crippen LogP contribution >= 0.6 is 0 Å². The quantitative estimate of drug-likeness (QED) is 0.913. The maximum Gasteiger partial charge on any atom is 0.212 e. The van der Waals surface area contributed by atoms with E-state index in [1.807, 2.05) is 6.07 Å². The van der Waals surface area contributed by atoms with Gasteiger partial charge in [-0.25, -0.2) is 13.8 Å². The molecule has 0 saturated carbocycles. The summed E-state index contributed by atoms with van der Waals surface area (Å²) in [6.45, 7) is 0. The molecule has 2 rings (SSSR count). The Morgan fingerprint density at radius 3 is 2.65 bits per heavy atom. The number of hydrogen-bond acceptors (Lipinski definition) is 3. The van der Waals surface area contributed by atoms with E-state index in [0.717, 1.165) is 11.6 Å². The predicted octanol–water partition coefficient (Wildman–Crippen LogP) is 2.87. The third kappa shape index (κ3) is 3.11. The number of benzene rings is 1. The Labute approximate surface area is 116 Å². The molecule has 2 aromatic rings. The second kappa shape index (κ2) is 6.43. The molecular weight excluding hydrogens is 262 g/mol. The molecular formula is C15H16F2N2O. The van der Waals surface area contributed by atoms with Crippen molar-refractivity contribution in [3.8, 4) is 5.88 Å². The number of halogens is 2. The number of likely N-dealkylation sites (N-methyl/N-ethyl adjacent to an activating group) is 1. The van der Waals surface area contributed by atoms with Crippen molar-refractivity contribution >= 4 is 0 Å². The number of pyridine rings is 1. The van der Waals surface area contributed by atoms with Crippen LogP contribution in [-0.4, -0.2) is 19.1 Å². The van der Waals surface area contributed by atoms with Gasteiger partial charge < -0.3 is 10.1 Å². The maximum absolute atomic E-state index is 13.8. The number of nitrogens with one attached hydrogen (secondary N) is 1. The first-order valence-corrected chi connectivity index (χ1v) is 6.25. The van der Waals surface area contributed by atoms with Crippen molar-refractivity contribution in [3.05, 3.63) is 59.3 Å². The van der Waals surface area contributed by atoms with Crippen molar-refractivity contribution in [1.82, 2.24) is 10.3 Å². The lowest BCUT2D eigenvalue weighted by molar-refractivity contribution is 0.397. The summed E-state index contributed by atoms with van der Waals surface area (Å²) in [5, 5.41) is 3.00. The smallest absolute Gasteiger partial charge is 0.212 e. The molecule has 0 spiro atoms. The van der Waals surface area contributed by atoms with E-state index in [2.05, 4.69) is 10.3 Å². The molecule has 1 unspecified atom stereocenters. The highest BCUT2D eigenvalue weighted by Gasteiger charge is 2.17. The third-order valence-corrected chi connectivity index (χ3v) is 3.15. The first-order chi connectivity index (χ1) is 9.65. The van der Waals surface area contributed by atoms with Crippen LogP contribution in [0, 0.1) is 11.6 Å². The fourth-order valence-corrected chi connectivity index (χ4v) is 2.05. The number of rotatable bonds is 5. The number of hydrogen-bond donors (Lipinski definition) is 1. The van der Waals surface area contributed by atoms with Crippen molar-refractivity contribution in [2.75, 3.05) is 14.2 Å². The van der Waals surface area contributed by atoms with Gasteiger partial charge in [0.25, 0.3) is 0 Å². The molecule has 20 heavy (non-hydrogen) atoms. The molecule has 0 aliphatic heterocycles. The lowest BCUT2D eigenvalue weighted by atomic mass is 9.99. The molecule has 1 N–H and O–H groups in total. The summed E-state index contributed by atoms with van der Waals surface area (Å²) < 4.78 is 32.1. The topological polar surface area (TPSA) is 34.1 Å². The Bertz CT molecular complexity index is 573. The predicted molar refractivity (Wildman–Crippen MR) is 72.7 cm³/mol. The molecule has 3 nitrogen and oxygen atoms in total. The highest BCUT2D eigenvalue weighted by atomic mass is 19.2. The average Bonchev–Trinajstić information content (AvgIpc) is 2.48. The molecule has 0 fully saturated rings. The van der Waals surface area contributed by atoms with Gasteiger partial charge in [-0.05, 0) is 25.1 Å². The first-order valence-electron chi connectivity index (χ1n) is 6.25. The van der Waals surface area contributed by atoms with Gasteiger partial charge in [0.15, 0.2) is 11.6 Å². The number of methoxy groups -OCH3 is 1. The molecule has 106 valence electrons. The van der Waals surface area contributed by atoms with Gasteiger partial charge in [0, 0.05) is 23.9 Å². The summed E-state index contributed by atoms with van der Waals surface area (Å²) in [5.74, 6) is -1.13. The zero-order valence-electron chi connectivity index (χ0n) is 11.4. The van der Waals surface area contributed by atoms with Gasteiger partial charge in [0.1, 0.15) is 0 Å². The molecule has 0 radical (unpaired) electrons. The highest BCUT2D eigenvalue weighted by Crippen LogP contribution is 2.23. The van der Waals surface area contributed by atoms with Gasteiger partial charge in [-0.3, -0.25) is 0 Å². The van der Waals surface area contributed by atoms with Crippen LogP contribution in [0.5, 0.6) is 5.88 Å². The Morgan fingerprint density at radius 2 is 2.05 bits per heavy atom. The van der Waals surface area contributed by atoms with Crippen LogP contribution in [-0.2, 0) is 6.42 Å². The summed E-state index contributed by atoms with van der Waals surface area (Å²) in [6, 6.07) is 7.47. The van der Waals surface area contributed by atoms with E-state index < -0.39 is 11.6 Å². The zero-order valence-corrected chi connectivity index (χ0v) is 11.4. The van der Waals surface area contributed by atoms with Crippen LogP contribution in [0.25, 0.3) is 0 Å². The van der Waals surface area contributed by atoms with E-state index in [0.29, 0.717) is 17.9 Å². The van der Waals surface area contributed by atoms with Crippen molar-refractivity contribution in [2.45, 2.75) is 12.5 Å². The zero-order chi connectivity index (χ0) is 14.5. The average molecular weight is 278 g/mol. The minimum Gasteiger partial charge on any atom is -0.481 e. The minimum atomic E-state index is -0.837. The van der Waals surface area contributed by atoms with Gasteiger partial charge >= 0.3 is 0 Å². The van der Waals surface area contributed by atoms with Crippen LogP contribution in [0.4, 0.5) is 8.78 Å². The minimum absolute atomic E-state index is 0.309. The fourth-order valence-electron chi connectivity index (χ4n) is 2.05. The number of nitrogens with zero attached hydrogens (tertiary/aromatic N) is 1. The largest absolute Gasteiger partial charge is 0.481 e. The first kappa shape index (κ1) is 14.4. The van der Waals surface area contributed by atoms with Gasteiger partial charge in [-0.2, -0.15) is 0 Å². The van der Waals surface area contributed by atoms with Crippen LogP contribution in [0.15, 0.2) is 36.5 Å². The monoisotopic (exact) mass is 278 g/mol. The normalized spacial score (nSPS) is 12.2. The number of ether oxygens (including phenoxy) is 1. The molecule has 0 bridgehead atoms. The van der Waals surface area contributed by atoms with Gasteiger partial charge in [-0.15, -0.1) is 0 Å². The molecule has 1 aromatic carbocycles. The second-order valence-corrected chi connectivity index (χ2v) is 4.40. The highest BCUT2D eigenvalue weighted by molar-refractivity contribution is 5.26. The van der Waals surface area contributed by atoms with E-state index in [1.54, 1.807) is 32.5 Å². The standard InChI is InChI=1S/C15H16F2N2O/c1-18-13(11-4-3-5-12(16)15(11)17)8-10-6-7-14(20-2)19-9-10/h3-7,9,13,18H,8H2,1-2H3. The Hall–Kier alpha value is -2.01. The second-order valence-electron chi connectivity index (χ2n) is 4.40. The SMILES string of the molecule is CNC(Cc1ccc(OC)nc1)c1cccc(F)c1F. The summed E-state index contributed by atoms with van der Waals surface area (Å²) in [6.07, 6.45) is 2.17. The van der Waals surface area contributed by atoms with Gasteiger partial charge in [0.05, 0.1) is 7.11 Å². The molecule has 0 aliphatic rings. The molecule has 1 atom stereocenters. The van der Waals surface area contributed by atoms with Crippen molar-refractivity contribution in [3.63, 3.8) is 0 Å². The molecule has 5 heteroatoms. The third-order valence-electron chi connectivity index (χ3n) is 3.15. The van der Waals surface area contributed by atoms with E-state index in [-0.39, 0.29) is 6.04 Å². The van der Waals surface area contributed by atoms with E-state index in [9.17, 15) is 8.78 Å². The lowest BCUT2D eigenvalue weighted by Gasteiger charge is -2.17. The lowest BCUT2D eigenvalue weighted by Crippen LogP contribution is -2.20. The summed E-state index contributed by atoms with van der Waals surface area (Å²) in [4.78, 5) is 4.10. The Balaban J connectivity index is 2.21. The maximum atomic E-state index is 13.8.